The maximum absolute atomic E-state index is 12.4. The second-order valence-corrected chi connectivity index (χ2v) is 5.12. The lowest BCUT2D eigenvalue weighted by Gasteiger charge is -2.27. The molecule has 1 fully saturated rings. The Hall–Kier alpha value is -1.97. The predicted octanol–water partition coefficient (Wildman–Crippen LogP) is -1.31. The van der Waals surface area contributed by atoms with E-state index >= 15 is 0 Å². The largest absolute Gasteiger partial charge is 0.462 e. The fourth-order valence-corrected chi connectivity index (χ4v) is 2.42. The number of aromatic nitrogens is 2. The number of H-pyrrole nitrogens is 1. The van der Waals surface area contributed by atoms with Crippen molar-refractivity contribution in [3.05, 3.63) is 32.6 Å². The Morgan fingerprint density at radius 3 is 2.82 bits per heavy atom. The Bertz CT molecular complexity index is 681. The Morgan fingerprint density at radius 2 is 2.27 bits per heavy atom. The molecule has 1 aromatic rings. The normalized spacial score (nSPS) is 25.4. The van der Waals surface area contributed by atoms with Gasteiger partial charge in [0.2, 0.25) is 0 Å². The predicted molar refractivity (Wildman–Crippen MR) is 75.0 cm³/mol. The Kier molecular flexibility index (Phi) is 4.50. The van der Waals surface area contributed by atoms with Gasteiger partial charge in [-0.25, -0.2) is 9.59 Å². The van der Waals surface area contributed by atoms with Crippen LogP contribution in [0, 0.1) is 6.92 Å². The summed E-state index contributed by atoms with van der Waals surface area (Å²) in [4.78, 5) is 43.8. The van der Waals surface area contributed by atoms with Crippen molar-refractivity contribution in [1.82, 2.24) is 14.6 Å². The summed E-state index contributed by atoms with van der Waals surface area (Å²) in [6, 6.07) is -0.483. The van der Waals surface area contributed by atoms with E-state index in [0.29, 0.717) is 0 Å². The molecule has 1 saturated heterocycles. The van der Waals surface area contributed by atoms with Gasteiger partial charge >= 0.3 is 11.7 Å². The minimum absolute atomic E-state index is 0.0181. The molecule has 2 N–H and O–H groups in total. The number of aliphatic hydroxyl groups excluding tert-OH is 1. The monoisotopic (exact) mass is 313 g/mol. The molecule has 1 aromatic heterocycles. The van der Waals surface area contributed by atoms with Gasteiger partial charge in [0.15, 0.2) is 0 Å². The molecule has 0 amide bonds. The van der Waals surface area contributed by atoms with Crippen molar-refractivity contribution in [2.45, 2.75) is 32.0 Å². The number of esters is 1. The van der Waals surface area contributed by atoms with Gasteiger partial charge in [-0.15, -0.1) is 0 Å². The molecule has 1 aliphatic rings. The summed E-state index contributed by atoms with van der Waals surface area (Å²) in [5, 5.41) is 10.7. The minimum atomic E-state index is -1.75. The fraction of sp³-hybridized carbons (Fsp3) is 0.615. The van der Waals surface area contributed by atoms with Gasteiger partial charge in [-0.3, -0.25) is 19.2 Å². The van der Waals surface area contributed by atoms with Gasteiger partial charge in [-0.1, -0.05) is 0 Å². The zero-order chi connectivity index (χ0) is 16.5. The van der Waals surface area contributed by atoms with Crippen molar-refractivity contribution in [2.24, 2.45) is 0 Å². The highest BCUT2D eigenvalue weighted by Crippen LogP contribution is 2.34. The minimum Gasteiger partial charge on any atom is -0.462 e. The molecule has 2 heterocycles. The van der Waals surface area contributed by atoms with Crippen molar-refractivity contribution < 1.29 is 19.5 Å². The van der Waals surface area contributed by atoms with E-state index in [-0.39, 0.29) is 25.2 Å². The fourth-order valence-electron chi connectivity index (χ4n) is 2.42. The van der Waals surface area contributed by atoms with E-state index < -0.39 is 29.0 Å². The molecule has 122 valence electrons. The van der Waals surface area contributed by atoms with Crippen molar-refractivity contribution >= 4 is 5.97 Å². The second-order valence-electron chi connectivity index (χ2n) is 5.12. The number of carbonyl (C=O) groups is 1. The number of aromatic amines is 1. The number of carbonyl (C=O) groups excluding carboxylic acids is 1. The molecule has 0 aliphatic carbocycles. The first-order chi connectivity index (χ1) is 10.4. The van der Waals surface area contributed by atoms with E-state index in [0.717, 1.165) is 4.57 Å². The van der Waals surface area contributed by atoms with Crippen LogP contribution in [0.4, 0.5) is 0 Å². The summed E-state index contributed by atoms with van der Waals surface area (Å²) in [6.07, 6.45) is 1.27. The van der Waals surface area contributed by atoms with Crippen molar-refractivity contribution in [1.29, 1.82) is 0 Å². The molecular formula is C13H19N3O6. The third kappa shape index (κ3) is 2.58. The Morgan fingerprint density at radius 1 is 1.59 bits per heavy atom. The van der Waals surface area contributed by atoms with E-state index in [4.69, 9.17) is 9.57 Å². The Labute approximate surface area is 126 Å². The number of rotatable bonds is 4. The number of nitrogens with zero attached hydrogens (tertiary/aromatic N) is 2. The summed E-state index contributed by atoms with van der Waals surface area (Å²) in [7, 11) is 1.55. The number of aliphatic hydroxyl groups is 1. The number of likely N-dealkylation sites (N-methyl/N-ethyl adjacent to an activating group) is 1. The molecule has 9 heteroatoms. The third-order valence-electron chi connectivity index (χ3n) is 3.64. The lowest BCUT2D eigenvalue weighted by molar-refractivity contribution is -0.238. The summed E-state index contributed by atoms with van der Waals surface area (Å²) in [6.45, 7) is 2.99. The number of hydrogen-bond donors (Lipinski definition) is 2. The maximum atomic E-state index is 12.4. The third-order valence-corrected chi connectivity index (χ3v) is 3.64. The standard InChI is InChI=1S/C13H19N3O6/c1-4-21-11(19)13(5-9(7-17)15(3)22-13)16-6-8(2)10(18)14-12(16)20/h6,9,17H,4-5,7H2,1-3H3,(H,14,18,20)/t9-,13+/m0/s1. The van der Waals surface area contributed by atoms with E-state index in [1.807, 2.05) is 0 Å². The zero-order valence-electron chi connectivity index (χ0n) is 12.7. The summed E-state index contributed by atoms with van der Waals surface area (Å²) >= 11 is 0. The van der Waals surface area contributed by atoms with Crippen LogP contribution in [-0.4, -0.2) is 52.0 Å². The van der Waals surface area contributed by atoms with E-state index in [1.54, 1.807) is 14.0 Å². The molecule has 0 aromatic carbocycles. The van der Waals surface area contributed by atoms with Gasteiger partial charge in [-0.2, -0.15) is 5.06 Å². The quantitative estimate of drug-likeness (QED) is 0.663. The van der Waals surface area contributed by atoms with Gasteiger partial charge in [-0.05, 0) is 13.8 Å². The molecule has 0 bridgehead atoms. The molecule has 0 radical (unpaired) electrons. The molecule has 9 nitrogen and oxygen atoms in total. The topological polar surface area (TPSA) is 114 Å². The van der Waals surface area contributed by atoms with Crippen LogP contribution in [0.1, 0.15) is 18.9 Å². The van der Waals surface area contributed by atoms with E-state index in [1.165, 1.54) is 18.2 Å². The second kappa shape index (κ2) is 6.03. The number of ether oxygens (including phenoxy) is 1. The van der Waals surface area contributed by atoms with Crippen molar-refractivity contribution in [3.63, 3.8) is 0 Å². The van der Waals surface area contributed by atoms with Gasteiger partial charge in [0.25, 0.3) is 11.3 Å². The molecule has 1 aliphatic heterocycles. The molecule has 0 saturated carbocycles. The van der Waals surface area contributed by atoms with E-state index in [2.05, 4.69) is 4.98 Å². The van der Waals surface area contributed by atoms with Crippen LogP contribution >= 0.6 is 0 Å². The van der Waals surface area contributed by atoms with Crippen LogP contribution in [0.2, 0.25) is 0 Å². The summed E-state index contributed by atoms with van der Waals surface area (Å²) < 4.78 is 6.03. The lowest BCUT2D eigenvalue weighted by Crippen LogP contribution is -2.50. The Balaban J connectivity index is 2.61. The van der Waals surface area contributed by atoms with Crippen molar-refractivity contribution in [3.8, 4) is 0 Å². The SMILES string of the molecule is CCOC(=O)[C@@]1(n2cc(C)c(=O)[nH]c2=O)C[C@@H](CO)N(C)O1. The first-order valence-corrected chi connectivity index (χ1v) is 6.88. The average Bonchev–Trinajstić information content (AvgIpc) is 2.81. The van der Waals surface area contributed by atoms with E-state index in [9.17, 15) is 19.5 Å². The first kappa shape index (κ1) is 16.4. The molecule has 0 spiro atoms. The van der Waals surface area contributed by atoms with Gasteiger partial charge in [0, 0.05) is 25.2 Å². The number of hydrogen-bond acceptors (Lipinski definition) is 7. The number of hydroxylamine groups is 2. The number of aryl methyl sites for hydroxylation is 1. The van der Waals surface area contributed by atoms with Crippen LogP contribution in [0.5, 0.6) is 0 Å². The van der Waals surface area contributed by atoms with Crippen LogP contribution < -0.4 is 11.2 Å². The highest BCUT2D eigenvalue weighted by Gasteiger charge is 2.53. The van der Waals surface area contributed by atoms with Gasteiger partial charge in [0.1, 0.15) is 0 Å². The lowest BCUT2D eigenvalue weighted by atomic mass is 10.0. The van der Waals surface area contributed by atoms with Gasteiger partial charge in [0.05, 0.1) is 19.3 Å². The smallest absolute Gasteiger partial charge is 0.362 e. The molecule has 2 rings (SSSR count). The first-order valence-electron chi connectivity index (χ1n) is 6.88. The molecule has 22 heavy (non-hydrogen) atoms. The number of nitrogens with one attached hydrogen (secondary N) is 1. The summed E-state index contributed by atoms with van der Waals surface area (Å²) in [5.74, 6) is -0.758. The molecular weight excluding hydrogens is 294 g/mol. The van der Waals surface area contributed by atoms with Crippen LogP contribution in [0.25, 0.3) is 0 Å². The maximum Gasteiger partial charge on any atom is 0.362 e. The van der Waals surface area contributed by atoms with Crippen LogP contribution in [-0.2, 0) is 20.1 Å². The van der Waals surface area contributed by atoms with Gasteiger partial charge < -0.3 is 9.84 Å². The van der Waals surface area contributed by atoms with Crippen molar-refractivity contribution in [2.75, 3.05) is 20.3 Å². The van der Waals surface area contributed by atoms with Crippen LogP contribution in [0.3, 0.4) is 0 Å². The highest BCUT2D eigenvalue weighted by atomic mass is 16.7. The zero-order valence-corrected chi connectivity index (χ0v) is 12.7. The highest BCUT2D eigenvalue weighted by molar-refractivity contribution is 5.77. The average molecular weight is 313 g/mol. The summed E-state index contributed by atoms with van der Waals surface area (Å²) in [5.41, 5.74) is -2.81. The van der Waals surface area contributed by atoms with Crippen LogP contribution in [0.15, 0.2) is 15.8 Å². The molecule has 2 atom stereocenters. The molecule has 0 unspecified atom stereocenters.